The van der Waals surface area contributed by atoms with Crippen molar-refractivity contribution in [3.63, 3.8) is 0 Å². The highest BCUT2D eigenvalue weighted by Crippen LogP contribution is 2.43. The number of aliphatic hydroxyl groups is 1. The second-order valence-corrected chi connectivity index (χ2v) is 14.3. The third kappa shape index (κ3) is 8.63. The van der Waals surface area contributed by atoms with Crippen molar-refractivity contribution in [2.75, 3.05) is 5.75 Å². The van der Waals surface area contributed by atoms with Crippen molar-refractivity contribution in [3.8, 4) is 11.1 Å². The predicted octanol–water partition coefficient (Wildman–Crippen LogP) is 8.11. The van der Waals surface area contributed by atoms with Crippen LogP contribution in [-0.4, -0.2) is 37.7 Å². The van der Waals surface area contributed by atoms with E-state index >= 15 is 0 Å². The number of amides is 1. The highest BCUT2D eigenvalue weighted by molar-refractivity contribution is 7.99. The van der Waals surface area contributed by atoms with Gasteiger partial charge in [0.05, 0.1) is 24.4 Å². The smallest absolute Gasteiger partial charge is 0.335 e. The lowest BCUT2D eigenvalue weighted by atomic mass is 9.91. The molecule has 4 aromatic rings. The minimum Gasteiger partial charge on any atom is -0.478 e. The van der Waals surface area contributed by atoms with Crippen molar-refractivity contribution in [2.45, 2.75) is 47.3 Å². The highest BCUT2D eigenvalue weighted by atomic mass is 35.6. The molecule has 1 aliphatic rings. The zero-order valence-corrected chi connectivity index (χ0v) is 27.8. The molecule has 7 nitrogen and oxygen atoms in total. The van der Waals surface area contributed by atoms with Gasteiger partial charge in [-0.1, -0.05) is 108 Å². The number of hydrogen-bond acceptors (Lipinski definition) is 6. The molecule has 1 amide bonds. The Labute approximate surface area is 286 Å². The molecule has 4 aromatic carbocycles. The third-order valence-electron chi connectivity index (χ3n) is 7.79. The van der Waals surface area contributed by atoms with Crippen LogP contribution in [0.3, 0.4) is 0 Å². The van der Waals surface area contributed by atoms with Crippen LogP contribution in [0.15, 0.2) is 102 Å². The van der Waals surface area contributed by atoms with E-state index in [0.29, 0.717) is 5.75 Å². The largest absolute Gasteiger partial charge is 0.478 e. The number of carbonyl (C=O) groups is 2. The summed E-state index contributed by atoms with van der Waals surface area (Å²) in [6, 6.07) is 30.3. The molecule has 4 atom stereocenters. The van der Waals surface area contributed by atoms with Crippen molar-refractivity contribution in [3.05, 3.63) is 125 Å². The molecule has 1 saturated heterocycles. The van der Waals surface area contributed by atoms with E-state index in [0.717, 1.165) is 38.3 Å². The number of ether oxygens (including phenoxy) is 2. The number of carboxylic acids is 1. The van der Waals surface area contributed by atoms with E-state index in [1.165, 1.54) is 0 Å². The summed E-state index contributed by atoms with van der Waals surface area (Å²) in [6.07, 6.45) is -1.06. The van der Waals surface area contributed by atoms with Gasteiger partial charge in [-0.15, -0.1) is 11.8 Å². The molecular formula is C35H32Cl3NO6S. The van der Waals surface area contributed by atoms with E-state index in [1.807, 2.05) is 84.9 Å². The van der Waals surface area contributed by atoms with Crippen molar-refractivity contribution in [2.24, 2.45) is 5.92 Å². The van der Waals surface area contributed by atoms with Gasteiger partial charge in [0.2, 0.25) is 0 Å². The summed E-state index contributed by atoms with van der Waals surface area (Å²) in [5, 5.41) is 21.4. The number of benzene rings is 4. The molecule has 0 aliphatic carbocycles. The van der Waals surface area contributed by atoms with E-state index in [2.05, 4.69) is 12.2 Å². The summed E-state index contributed by atoms with van der Waals surface area (Å²) in [7, 11) is 0. The Morgan fingerprint density at radius 2 is 1.52 bits per heavy atom. The Hall–Kier alpha value is -3.08. The molecule has 1 fully saturated rings. The fourth-order valence-electron chi connectivity index (χ4n) is 5.16. The van der Waals surface area contributed by atoms with Gasteiger partial charge in [-0.3, -0.25) is 4.79 Å². The van der Waals surface area contributed by atoms with Crippen LogP contribution in [0.25, 0.3) is 11.1 Å². The minimum atomic E-state index is -2.03. The Bertz CT molecular complexity index is 1650. The number of aromatic carboxylic acids is 1. The number of carboxylic acid groups (broad SMARTS) is 1. The van der Waals surface area contributed by atoms with E-state index in [9.17, 15) is 19.8 Å². The minimum absolute atomic E-state index is 0.00564. The summed E-state index contributed by atoms with van der Waals surface area (Å²) in [4.78, 5) is 24.2. The van der Waals surface area contributed by atoms with Crippen molar-refractivity contribution in [1.29, 1.82) is 0 Å². The summed E-state index contributed by atoms with van der Waals surface area (Å²) in [5.74, 6) is -1.01. The molecule has 0 radical (unpaired) electrons. The maximum atomic E-state index is 12.0. The van der Waals surface area contributed by atoms with Crippen molar-refractivity contribution >= 4 is 58.4 Å². The summed E-state index contributed by atoms with van der Waals surface area (Å²) in [6.45, 7) is 2.28. The summed E-state index contributed by atoms with van der Waals surface area (Å²) in [5.41, 5.74) is 5.70. The molecule has 46 heavy (non-hydrogen) atoms. The number of aliphatic hydroxyl groups excluding tert-OH is 1. The van der Waals surface area contributed by atoms with Crippen LogP contribution < -0.4 is 5.32 Å². The van der Waals surface area contributed by atoms with Gasteiger partial charge >= 0.3 is 5.97 Å². The third-order valence-corrected chi connectivity index (χ3v) is 9.41. The second-order valence-electron chi connectivity index (χ2n) is 11.0. The number of alkyl halides is 3. The summed E-state index contributed by atoms with van der Waals surface area (Å²) >= 11 is 18.6. The Morgan fingerprint density at radius 1 is 0.848 bits per heavy atom. The van der Waals surface area contributed by atoms with Crippen LogP contribution in [0.1, 0.15) is 51.9 Å². The van der Waals surface area contributed by atoms with Crippen LogP contribution in [0, 0.1) is 5.92 Å². The normalized spacial score (nSPS) is 19.8. The van der Waals surface area contributed by atoms with Crippen LogP contribution in [-0.2, 0) is 27.4 Å². The van der Waals surface area contributed by atoms with Gasteiger partial charge in [0, 0.05) is 28.7 Å². The van der Waals surface area contributed by atoms with Gasteiger partial charge in [-0.05, 0) is 58.1 Å². The first kappa shape index (κ1) is 34.3. The number of halogens is 3. The van der Waals surface area contributed by atoms with Gasteiger partial charge in [0.1, 0.15) is 0 Å². The average Bonchev–Trinajstić information content (AvgIpc) is 3.06. The van der Waals surface area contributed by atoms with Crippen molar-refractivity contribution < 1.29 is 29.3 Å². The summed E-state index contributed by atoms with van der Waals surface area (Å²) < 4.78 is 11.1. The van der Waals surface area contributed by atoms with Gasteiger partial charge in [-0.25, -0.2) is 4.79 Å². The zero-order chi connectivity index (χ0) is 32.8. The number of nitrogens with one attached hydrogen (secondary N) is 1. The maximum absolute atomic E-state index is 12.0. The fourth-order valence-corrected chi connectivity index (χ4v) is 6.43. The number of thioether (sulfide) groups is 1. The first-order valence-electron chi connectivity index (χ1n) is 14.5. The fraction of sp³-hybridized carbons (Fsp3) is 0.257. The highest BCUT2D eigenvalue weighted by Gasteiger charge is 2.38. The Morgan fingerprint density at radius 3 is 2.15 bits per heavy atom. The van der Waals surface area contributed by atoms with Gasteiger partial charge in [0.25, 0.3) is 9.70 Å². The molecule has 240 valence electrons. The van der Waals surface area contributed by atoms with Gasteiger partial charge in [-0.2, -0.15) is 0 Å². The molecule has 1 aliphatic heterocycles. The number of carbonyl (C=O) groups excluding carboxylic acids is 1. The van der Waals surface area contributed by atoms with E-state index < -0.39 is 22.0 Å². The molecule has 3 N–H and O–H groups in total. The molecular weight excluding hydrogens is 669 g/mol. The zero-order valence-electron chi connectivity index (χ0n) is 24.7. The van der Waals surface area contributed by atoms with E-state index in [4.69, 9.17) is 44.3 Å². The quantitative estimate of drug-likeness (QED) is 0.113. The average molecular weight is 701 g/mol. The van der Waals surface area contributed by atoms with Gasteiger partial charge < -0.3 is 25.0 Å². The first-order valence-corrected chi connectivity index (χ1v) is 16.6. The topological polar surface area (TPSA) is 105 Å². The lowest BCUT2D eigenvalue weighted by Gasteiger charge is -2.41. The molecule has 11 heteroatoms. The number of hydrogen-bond donors (Lipinski definition) is 3. The molecule has 1 heterocycles. The molecule has 0 saturated carbocycles. The Balaban J connectivity index is 1.34. The molecule has 5 rings (SSSR count). The van der Waals surface area contributed by atoms with E-state index in [1.54, 1.807) is 23.9 Å². The lowest BCUT2D eigenvalue weighted by Crippen LogP contribution is -2.38. The lowest BCUT2D eigenvalue weighted by molar-refractivity contribution is -0.268. The molecule has 0 unspecified atom stereocenters. The van der Waals surface area contributed by atoms with Crippen molar-refractivity contribution in [1.82, 2.24) is 5.32 Å². The van der Waals surface area contributed by atoms with E-state index in [-0.39, 0.29) is 36.8 Å². The second kappa shape index (κ2) is 15.2. The molecule has 0 bridgehead atoms. The standard InChI is InChI=1S/C35H32Cl3NO6S/c1-21-30(20-46-29-15-13-26(14-16-29)32(41)42)44-33(45-31(21)25-7-5-22(19-40)6-8-25)27-11-9-24(10-12-27)28-4-2-3-23(17-28)18-39-34(43)35(36,37)38/h2-17,21,30-31,33,40H,18-20H2,1H3,(H,39,43)(H,41,42)/t21-,30+,31+,33+/m0/s1. The van der Waals surface area contributed by atoms with Crippen LogP contribution in [0.2, 0.25) is 0 Å². The monoisotopic (exact) mass is 699 g/mol. The van der Waals surface area contributed by atoms with Crippen LogP contribution in [0.5, 0.6) is 0 Å². The number of rotatable bonds is 10. The first-order chi connectivity index (χ1) is 22.0. The van der Waals surface area contributed by atoms with Gasteiger partial charge in [0.15, 0.2) is 6.29 Å². The Kier molecular flexibility index (Phi) is 11.3. The molecule has 0 spiro atoms. The maximum Gasteiger partial charge on any atom is 0.335 e. The van der Waals surface area contributed by atoms with Crippen LogP contribution in [0.4, 0.5) is 0 Å². The SMILES string of the molecule is C[C@H]1[C@@H](CSc2ccc(C(=O)O)cc2)O[C@@H](c2ccc(-c3cccc(CNC(=O)C(Cl)(Cl)Cl)c3)cc2)O[C@H]1c1ccc(CO)cc1. The van der Waals surface area contributed by atoms with Crippen LogP contribution >= 0.6 is 46.6 Å². The predicted molar refractivity (Wildman–Crippen MR) is 181 cm³/mol. The molecule has 0 aromatic heterocycles.